The molecule has 4 rings (SSSR count). The number of methoxy groups -OCH3 is 1. The molecule has 0 aliphatic carbocycles. The van der Waals surface area contributed by atoms with E-state index in [0.29, 0.717) is 27.8 Å². The summed E-state index contributed by atoms with van der Waals surface area (Å²) in [6.45, 7) is 5.54. The Morgan fingerprint density at radius 1 is 1.09 bits per heavy atom. The highest BCUT2D eigenvalue weighted by Gasteiger charge is 2.20. The molecule has 0 aliphatic heterocycles. The minimum Gasteiger partial charge on any atom is -0.502 e. The number of phenols is 1. The number of phenolic OH excluding ortho intramolecular Hbond substituents is 1. The van der Waals surface area contributed by atoms with Crippen LogP contribution in [0.25, 0.3) is 22.2 Å². The zero-order valence-corrected chi connectivity index (χ0v) is 20.1. The van der Waals surface area contributed by atoms with E-state index in [4.69, 9.17) is 4.74 Å². The summed E-state index contributed by atoms with van der Waals surface area (Å²) in [6.07, 6.45) is 0. The number of anilines is 1. The summed E-state index contributed by atoms with van der Waals surface area (Å²) in [4.78, 5) is 25.6. The normalized spacial score (nSPS) is 10.6. The van der Waals surface area contributed by atoms with Crippen molar-refractivity contribution in [1.29, 1.82) is 0 Å². The fraction of sp³-hybridized carbons (Fsp3) is 0.231. The summed E-state index contributed by atoms with van der Waals surface area (Å²) < 4.78 is 35.2. The second-order valence-electron chi connectivity index (χ2n) is 7.67. The molecule has 184 valence electrons. The number of aromatic nitrogens is 2. The molecule has 0 bridgehead atoms. The van der Waals surface area contributed by atoms with Crippen molar-refractivity contribution in [3.63, 3.8) is 0 Å². The number of nitrogens with one attached hydrogen (secondary N) is 1. The molecule has 0 unspecified atom stereocenters. The number of fused-ring (bicyclic) bond motifs is 1. The van der Waals surface area contributed by atoms with E-state index in [1.54, 1.807) is 19.2 Å². The molecule has 0 spiro atoms. The van der Waals surface area contributed by atoms with Crippen LogP contribution in [0.3, 0.4) is 0 Å². The molecule has 7 nitrogen and oxygen atoms in total. The first-order valence-electron chi connectivity index (χ1n) is 11.0. The minimum atomic E-state index is -0.859. The third-order valence-electron chi connectivity index (χ3n) is 5.37. The molecular formula is C26H27F2N3O4. The van der Waals surface area contributed by atoms with Crippen molar-refractivity contribution in [2.75, 3.05) is 12.4 Å². The van der Waals surface area contributed by atoms with E-state index < -0.39 is 29.0 Å². The van der Waals surface area contributed by atoms with Gasteiger partial charge in [0.25, 0.3) is 0 Å². The van der Waals surface area contributed by atoms with Gasteiger partial charge in [-0.1, -0.05) is 13.8 Å². The molecule has 1 aromatic heterocycles. The number of carbonyl (C=O) groups excluding carboxylic acids is 1. The number of benzene rings is 3. The third-order valence-corrected chi connectivity index (χ3v) is 5.37. The van der Waals surface area contributed by atoms with Gasteiger partial charge in [-0.25, -0.2) is 13.6 Å². The number of rotatable bonds is 5. The first-order valence-corrected chi connectivity index (χ1v) is 11.0. The number of imidazole rings is 1. The van der Waals surface area contributed by atoms with E-state index >= 15 is 0 Å². The number of aromatic hydroxyl groups is 1. The Labute approximate surface area is 201 Å². The predicted molar refractivity (Wildman–Crippen MR) is 132 cm³/mol. The lowest BCUT2D eigenvalue weighted by Gasteiger charge is -2.11. The molecule has 0 saturated heterocycles. The predicted octanol–water partition coefficient (Wildman–Crippen LogP) is 4.97. The first kappa shape index (κ1) is 25.5. The topological polar surface area (TPSA) is 85.5 Å². The van der Waals surface area contributed by atoms with Crippen molar-refractivity contribution >= 4 is 22.6 Å². The van der Waals surface area contributed by atoms with E-state index in [2.05, 4.69) is 5.32 Å². The zero-order chi connectivity index (χ0) is 25.9. The van der Waals surface area contributed by atoms with Crippen LogP contribution in [0.2, 0.25) is 0 Å². The van der Waals surface area contributed by atoms with E-state index in [1.807, 2.05) is 20.8 Å². The quantitative estimate of drug-likeness (QED) is 0.420. The van der Waals surface area contributed by atoms with Gasteiger partial charge in [0.05, 0.1) is 18.1 Å². The van der Waals surface area contributed by atoms with Crippen molar-refractivity contribution < 1.29 is 23.4 Å². The lowest BCUT2D eigenvalue weighted by Crippen LogP contribution is -2.28. The van der Waals surface area contributed by atoms with Gasteiger partial charge in [-0.15, -0.1) is 0 Å². The molecule has 1 heterocycles. The fourth-order valence-corrected chi connectivity index (χ4v) is 3.83. The zero-order valence-electron chi connectivity index (χ0n) is 20.1. The second-order valence-corrected chi connectivity index (χ2v) is 7.67. The molecule has 35 heavy (non-hydrogen) atoms. The Morgan fingerprint density at radius 2 is 1.74 bits per heavy atom. The number of nitrogens with zero attached hydrogens (tertiary/aromatic N) is 2. The van der Waals surface area contributed by atoms with Crippen molar-refractivity contribution in [3.05, 3.63) is 76.2 Å². The maximum absolute atomic E-state index is 14.3. The Bertz CT molecular complexity index is 1440. The standard InChI is InChI=1S/C24H21F2N3O4.C2H6/c1-13-8-17(14-10-18(26)23(31)20(11-14)33-3)22-19(9-13)29(24(32)28(22)2)12-21(30)27-16-6-4-15(25)5-7-16;1-2/h4-11,31H,12H2,1-3H3,(H,27,30);1-2H3. The van der Waals surface area contributed by atoms with Crippen LogP contribution in [0.4, 0.5) is 14.5 Å². The summed E-state index contributed by atoms with van der Waals surface area (Å²) in [6, 6.07) is 11.5. The van der Waals surface area contributed by atoms with Crippen LogP contribution >= 0.6 is 0 Å². The van der Waals surface area contributed by atoms with Gasteiger partial charge < -0.3 is 15.2 Å². The molecule has 3 aromatic carbocycles. The highest BCUT2D eigenvalue weighted by molar-refractivity contribution is 5.96. The Kier molecular flexibility index (Phi) is 7.58. The highest BCUT2D eigenvalue weighted by atomic mass is 19.1. The monoisotopic (exact) mass is 483 g/mol. The van der Waals surface area contributed by atoms with Crippen LogP contribution in [0.15, 0.2) is 53.3 Å². The minimum absolute atomic E-state index is 0.0391. The number of amides is 1. The van der Waals surface area contributed by atoms with Crippen molar-refractivity contribution in [2.24, 2.45) is 7.05 Å². The Balaban J connectivity index is 0.00000167. The van der Waals surface area contributed by atoms with Crippen LogP contribution in [-0.4, -0.2) is 27.3 Å². The highest BCUT2D eigenvalue weighted by Crippen LogP contribution is 2.37. The van der Waals surface area contributed by atoms with Crippen molar-refractivity contribution in [1.82, 2.24) is 9.13 Å². The SMILES string of the molecule is CC.COc1cc(-c2cc(C)cc3c2n(C)c(=O)n3CC(=O)Nc2ccc(F)cc2)cc(F)c1O. The van der Waals surface area contributed by atoms with Gasteiger partial charge in [0.15, 0.2) is 17.3 Å². The molecule has 0 atom stereocenters. The van der Waals surface area contributed by atoms with E-state index in [1.165, 1.54) is 46.6 Å². The van der Waals surface area contributed by atoms with Gasteiger partial charge in [0.2, 0.25) is 5.91 Å². The Hall–Kier alpha value is -4.14. The second kappa shape index (κ2) is 10.4. The lowest BCUT2D eigenvalue weighted by atomic mass is 10.0. The van der Waals surface area contributed by atoms with Crippen LogP contribution in [0.1, 0.15) is 19.4 Å². The number of ether oxygens (including phenoxy) is 1. The summed E-state index contributed by atoms with van der Waals surface area (Å²) in [5, 5.41) is 12.5. The maximum Gasteiger partial charge on any atom is 0.329 e. The van der Waals surface area contributed by atoms with E-state index in [9.17, 15) is 23.5 Å². The van der Waals surface area contributed by atoms with Gasteiger partial charge >= 0.3 is 5.69 Å². The molecule has 0 aliphatic rings. The van der Waals surface area contributed by atoms with E-state index in [-0.39, 0.29) is 12.3 Å². The first-order chi connectivity index (χ1) is 16.7. The molecule has 0 saturated carbocycles. The van der Waals surface area contributed by atoms with Gasteiger partial charge in [-0.05, 0) is 66.6 Å². The van der Waals surface area contributed by atoms with E-state index in [0.717, 1.165) is 11.6 Å². The average Bonchev–Trinajstić information content (AvgIpc) is 3.07. The summed E-state index contributed by atoms with van der Waals surface area (Å²) in [5.41, 5.74) is 2.67. The van der Waals surface area contributed by atoms with Crippen LogP contribution in [0, 0.1) is 18.6 Å². The summed E-state index contributed by atoms with van der Waals surface area (Å²) in [7, 11) is 2.88. The van der Waals surface area contributed by atoms with Crippen molar-refractivity contribution in [2.45, 2.75) is 27.3 Å². The molecule has 1 amide bonds. The van der Waals surface area contributed by atoms with Crippen molar-refractivity contribution in [3.8, 4) is 22.6 Å². The van der Waals surface area contributed by atoms with Gasteiger partial charge in [-0.3, -0.25) is 13.9 Å². The van der Waals surface area contributed by atoms with Gasteiger partial charge in [0.1, 0.15) is 12.4 Å². The number of carbonyl (C=O) groups is 1. The molecule has 4 aromatic rings. The fourth-order valence-electron chi connectivity index (χ4n) is 3.83. The summed E-state index contributed by atoms with van der Waals surface area (Å²) in [5.74, 6) is -2.39. The molecule has 2 N–H and O–H groups in total. The van der Waals surface area contributed by atoms with Crippen LogP contribution < -0.4 is 15.7 Å². The van der Waals surface area contributed by atoms with Gasteiger partial charge in [-0.2, -0.15) is 0 Å². The third kappa shape index (κ3) is 5.03. The average molecular weight is 484 g/mol. The Morgan fingerprint density at radius 3 is 2.37 bits per heavy atom. The smallest absolute Gasteiger partial charge is 0.329 e. The molecular weight excluding hydrogens is 456 g/mol. The van der Waals surface area contributed by atoms with Crippen LogP contribution in [-0.2, 0) is 18.4 Å². The number of aryl methyl sites for hydroxylation is 2. The number of hydrogen-bond acceptors (Lipinski definition) is 4. The number of hydrogen-bond donors (Lipinski definition) is 2. The number of halogens is 2. The summed E-state index contributed by atoms with van der Waals surface area (Å²) >= 11 is 0. The molecule has 0 radical (unpaired) electrons. The molecule has 9 heteroatoms. The largest absolute Gasteiger partial charge is 0.502 e. The van der Waals surface area contributed by atoms with Crippen LogP contribution in [0.5, 0.6) is 11.5 Å². The molecule has 0 fully saturated rings. The lowest BCUT2D eigenvalue weighted by molar-refractivity contribution is -0.116. The van der Waals surface area contributed by atoms with Gasteiger partial charge in [0, 0.05) is 18.3 Å². The maximum atomic E-state index is 14.3.